The summed E-state index contributed by atoms with van der Waals surface area (Å²) in [6.45, 7) is 5.80. The first-order chi connectivity index (χ1) is 14.2. The summed E-state index contributed by atoms with van der Waals surface area (Å²) in [6, 6.07) is 10.8. The number of fused-ring (bicyclic) bond motifs is 1. The predicted octanol–water partition coefficient (Wildman–Crippen LogP) is 4.88. The zero-order valence-electron chi connectivity index (χ0n) is 16.8. The van der Waals surface area contributed by atoms with Crippen LogP contribution >= 0.6 is 27.3 Å². The fraction of sp³-hybridized carbons (Fsp3) is 0.381. The van der Waals surface area contributed by atoms with Gasteiger partial charge in [0.1, 0.15) is 28.0 Å². The van der Waals surface area contributed by atoms with Gasteiger partial charge in [-0.05, 0) is 54.9 Å². The molecule has 4 rings (SSSR count). The molecule has 1 saturated heterocycles. The Bertz CT molecular complexity index is 1120. The van der Waals surface area contributed by atoms with E-state index in [0.29, 0.717) is 29.0 Å². The van der Waals surface area contributed by atoms with Crippen molar-refractivity contribution < 1.29 is 14.3 Å². The number of rotatable bonds is 3. The van der Waals surface area contributed by atoms with Gasteiger partial charge >= 0.3 is 6.09 Å². The van der Waals surface area contributed by atoms with Crippen LogP contribution in [0.2, 0.25) is 0 Å². The molecule has 1 aromatic carbocycles. The Morgan fingerprint density at radius 2 is 2.03 bits per heavy atom. The van der Waals surface area contributed by atoms with Gasteiger partial charge in [-0.15, -0.1) is 11.3 Å². The third-order valence-electron chi connectivity index (χ3n) is 4.62. The van der Waals surface area contributed by atoms with Crippen molar-refractivity contribution in [3.8, 4) is 5.75 Å². The molecule has 0 saturated carbocycles. The average Bonchev–Trinajstić information content (AvgIpc) is 3.24. The van der Waals surface area contributed by atoms with E-state index in [-0.39, 0.29) is 11.7 Å². The van der Waals surface area contributed by atoms with Gasteiger partial charge in [0.2, 0.25) is 0 Å². The Balaban J connectivity index is 1.66. The van der Waals surface area contributed by atoms with Crippen molar-refractivity contribution in [1.29, 1.82) is 0 Å². The second-order valence-electron chi connectivity index (χ2n) is 8.15. The van der Waals surface area contributed by atoms with E-state index in [1.807, 2.05) is 57.2 Å². The Kier molecular flexibility index (Phi) is 5.59. The van der Waals surface area contributed by atoms with Crippen LogP contribution < -0.4 is 10.3 Å². The summed E-state index contributed by atoms with van der Waals surface area (Å²) in [5.74, 6) is 1.16. The van der Waals surface area contributed by atoms with Crippen molar-refractivity contribution in [2.75, 3.05) is 6.54 Å². The quantitative estimate of drug-likeness (QED) is 0.564. The topological polar surface area (TPSA) is 84.5 Å². The molecule has 0 aliphatic carbocycles. The van der Waals surface area contributed by atoms with Gasteiger partial charge in [-0.1, -0.05) is 18.2 Å². The molecule has 0 spiro atoms. The Hall–Kier alpha value is -2.39. The van der Waals surface area contributed by atoms with E-state index in [2.05, 4.69) is 25.9 Å². The van der Waals surface area contributed by atoms with Crippen molar-refractivity contribution in [3.63, 3.8) is 0 Å². The average molecular weight is 492 g/mol. The van der Waals surface area contributed by atoms with Crippen LogP contribution in [-0.2, 0) is 4.74 Å². The highest BCUT2D eigenvalue weighted by Gasteiger charge is 2.41. The van der Waals surface area contributed by atoms with Gasteiger partial charge in [-0.25, -0.2) is 9.78 Å². The van der Waals surface area contributed by atoms with Gasteiger partial charge in [-0.3, -0.25) is 9.69 Å². The maximum Gasteiger partial charge on any atom is 0.411 e. The van der Waals surface area contributed by atoms with Gasteiger partial charge in [0.05, 0.1) is 21.9 Å². The highest BCUT2D eigenvalue weighted by molar-refractivity contribution is 9.11. The number of nitrogens with one attached hydrogen (secondary N) is 1. The standard InChI is InChI=1S/C21H22BrN3O4S/c1-21(2,3)29-20(27)25-11-13(28-12-7-5-4-6-8-12)9-15(25)18-23-14-10-16(22)30-17(14)19(26)24-18/h4-8,10,13,15H,9,11H2,1-3H3,(H,23,24,26)/t13-,15+/m1/s1. The molecular weight excluding hydrogens is 470 g/mol. The molecule has 0 radical (unpaired) electrons. The summed E-state index contributed by atoms with van der Waals surface area (Å²) < 4.78 is 13.1. The molecule has 158 valence electrons. The molecule has 1 N–H and O–H groups in total. The fourth-order valence-electron chi connectivity index (χ4n) is 3.44. The number of hydrogen-bond donors (Lipinski definition) is 1. The van der Waals surface area contributed by atoms with E-state index in [9.17, 15) is 9.59 Å². The van der Waals surface area contributed by atoms with Crippen molar-refractivity contribution in [3.05, 3.63) is 56.4 Å². The summed E-state index contributed by atoms with van der Waals surface area (Å²) in [7, 11) is 0. The maximum absolute atomic E-state index is 12.9. The molecule has 1 fully saturated rings. The lowest BCUT2D eigenvalue weighted by molar-refractivity contribution is 0.0205. The van der Waals surface area contributed by atoms with Gasteiger partial charge < -0.3 is 14.5 Å². The first kappa shape index (κ1) is 20.9. The number of aromatic nitrogens is 2. The van der Waals surface area contributed by atoms with Crippen LogP contribution in [0.4, 0.5) is 4.79 Å². The number of carbonyl (C=O) groups is 1. The minimum absolute atomic E-state index is 0.220. The van der Waals surface area contributed by atoms with Crippen molar-refractivity contribution in [2.45, 2.75) is 44.9 Å². The van der Waals surface area contributed by atoms with Gasteiger partial charge in [0, 0.05) is 6.42 Å². The van der Waals surface area contributed by atoms with Crippen LogP contribution in [0.3, 0.4) is 0 Å². The van der Waals surface area contributed by atoms with Crippen molar-refractivity contribution >= 4 is 43.6 Å². The van der Waals surface area contributed by atoms with Crippen molar-refractivity contribution in [1.82, 2.24) is 14.9 Å². The Morgan fingerprint density at radius 3 is 2.73 bits per heavy atom. The number of para-hydroxylation sites is 1. The first-order valence-electron chi connectivity index (χ1n) is 9.60. The number of ether oxygens (including phenoxy) is 2. The van der Waals surface area contributed by atoms with E-state index < -0.39 is 17.7 Å². The second kappa shape index (κ2) is 8.03. The maximum atomic E-state index is 12.9. The minimum atomic E-state index is -0.636. The molecule has 3 aromatic rings. The monoisotopic (exact) mass is 491 g/mol. The molecular formula is C21H22BrN3O4S. The van der Waals surface area contributed by atoms with Crippen LogP contribution in [0.25, 0.3) is 10.2 Å². The molecule has 1 aliphatic heterocycles. The number of nitrogens with zero attached hydrogens (tertiary/aromatic N) is 2. The van der Waals surface area contributed by atoms with E-state index in [4.69, 9.17) is 9.47 Å². The molecule has 2 aromatic heterocycles. The second-order valence-corrected chi connectivity index (χ2v) is 10.6. The SMILES string of the molecule is CC(C)(C)OC(=O)N1C[C@H](Oc2ccccc2)C[C@H]1c1nc2cc(Br)sc2c(=O)[nH]1. The third-order valence-corrected chi connectivity index (χ3v) is 6.25. The van der Waals surface area contributed by atoms with Crippen LogP contribution in [0, 0.1) is 0 Å². The van der Waals surface area contributed by atoms with Crippen molar-refractivity contribution in [2.24, 2.45) is 0 Å². The number of aromatic amines is 1. The van der Waals surface area contributed by atoms with E-state index in [0.717, 1.165) is 9.54 Å². The van der Waals surface area contributed by atoms with E-state index in [1.165, 1.54) is 11.3 Å². The molecule has 30 heavy (non-hydrogen) atoms. The lowest BCUT2D eigenvalue weighted by atomic mass is 10.1. The molecule has 0 bridgehead atoms. The summed E-state index contributed by atoms with van der Waals surface area (Å²) >= 11 is 4.73. The zero-order chi connectivity index (χ0) is 21.5. The zero-order valence-corrected chi connectivity index (χ0v) is 19.2. The third kappa shape index (κ3) is 4.52. The first-order valence-corrected chi connectivity index (χ1v) is 11.2. The number of likely N-dealkylation sites (tertiary alicyclic amines) is 1. The van der Waals surface area contributed by atoms with Crippen LogP contribution in [0.5, 0.6) is 5.75 Å². The van der Waals surface area contributed by atoms with Gasteiger partial charge in [-0.2, -0.15) is 0 Å². The highest BCUT2D eigenvalue weighted by Crippen LogP contribution is 2.35. The number of thiophene rings is 1. The lowest BCUT2D eigenvalue weighted by Crippen LogP contribution is -2.38. The Labute approximate surface area is 186 Å². The number of amides is 1. The van der Waals surface area contributed by atoms with Crippen LogP contribution in [0.1, 0.15) is 39.1 Å². The smallest absolute Gasteiger partial charge is 0.411 e. The molecule has 2 atom stereocenters. The number of halogens is 1. The van der Waals surface area contributed by atoms with Crippen LogP contribution in [-0.4, -0.2) is 39.2 Å². The van der Waals surface area contributed by atoms with E-state index in [1.54, 1.807) is 4.90 Å². The molecule has 1 aliphatic rings. The molecule has 0 unspecified atom stereocenters. The van der Waals surface area contributed by atoms with Crippen LogP contribution in [0.15, 0.2) is 45.0 Å². The lowest BCUT2D eigenvalue weighted by Gasteiger charge is -2.27. The summed E-state index contributed by atoms with van der Waals surface area (Å²) in [5, 5.41) is 0. The largest absolute Gasteiger partial charge is 0.488 e. The highest BCUT2D eigenvalue weighted by atomic mass is 79.9. The molecule has 9 heteroatoms. The Morgan fingerprint density at radius 1 is 1.30 bits per heavy atom. The predicted molar refractivity (Wildman–Crippen MR) is 119 cm³/mol. The molecule has 3 heterocycles. The molecule has 7 nitrogen and oxygen atoms in total. The number of benzene rings is 1. The minimum Gasteiger partial charge on any atom is -0.488 e. The van der Waals surface area contributed by atoms with E-state index >= 15 is 0 Å². The summed E-state index contributed by atoms with van der Waals surface area (Å²) in [5.41, 5.74) is -0.257. The van der Waals surface area contributed by atoms with Gasteiger partial charge in [0.25, 0.3) is 5.56 Å². The number of hydrogen-bond acceptors (Lipinski definition) is 6. The summed E-state index contributed by atoms with van der Waals surface area (Å²) in [6.07, 6.45) is -0.213. The van der Waals surface area contributed by atoms with Gasteiger partial charge in [0.15, 0.2) is 0 Å². The fourth-order valence-corrected chi connectivity index (χ4v) is 4.86. The normalized spacial score (nSPS) is 19.3. The number of carbonyl (C=O) groups excluding carboxylic acids is 1. The number of H-pyrrole nitrogens is 1. The summed E-state index contributed by atoms with van der Waals surface area (Å²) in [4.78, 5) is 34.6. The molecule has 1 amide bonds.